The Balaban J connectivity index is 3.34. The second-order valence-electron chi connectivity index (χ2n) is 2.36. The number of hydrogen-bond donors (Lipinski definition) is 1. The number of aliphatic hydroxyl groups excluding tert-OH is 1. The third kappa shape index (κ3) is 6.01. The minimum Gasteiger partial charge on any atom is -0.390 e. The monoisotopic (exact) mass is 142 g/mol. The Morgan fingerprint density at radius 1 is 1.00 bits per heavy atom. The molecule has 0 spiro atoms. The van der Waals surface area contributed by atoms with Gasteiger partial charge in [0.1, 0.15) is 0 Å². The van der Waals surface area contributed by atoms with Crippen LogP contribution in [0.3, 0.4) is 0 Å². The molecule has 10 heavy (non-hydrogen) atoms. The molecule has 0 fully saturated rings. The van der Waals surface area contributed by atoms with E-state index in [0.717, 1.165) is 0 Å². The second kappa shape index (κ2) is 4.66. The molecule has 0 aliphatic carbocycles. The van der Waals surface area contributed by atoms with Crippen LogP contribution in [0.1, 0.15) is 0 Å². The van der Waals surface area contributed by atoms with Gasteiger partial charge in [0.25, 0.3) is 0 Å². The Morgan fingerprint density at radius 3 is 1.50 bits per heavy atom. The van der Waals surface area contributed by atoms with Crippen LogP contribution in [-0.2, 0) is 0 Å². The summed E-state index contributed by atoms with van der Waals surface area (Å²) in [5, 5.41) is 9.15. The van der Waals surface area contributed by atoms with Gasteiger partial charge in [-0.2, -0.15) is 0 Å². The van der Waals surface area contributed by atoms with Crippen molar-refractivity contribution in [1.29, 1.82) is 0 Å². The lowest BCUT2D eigenvalue weighted by Crippen LogP contribution is -2.31. The van der Waals surface area contributed by atoms with Crippen LogP contribution in [0.25, 0.3) is 0 Å². The highest BCUT2D eigenvalue weighted by Gasteiger charge is 2.05. The van der Waals surface area contributed by atoms with Crippen molar-refractivity contribution < 1.29 is 5.11 Å². The Hall–Kier alpha value is -0.120. The fraction of sp³-hybridized carbons (Fsp3) is 0.429. The van der Waals surface area contributed by atoms with E-state index in [2.05, 4.69) is 28.2 Å². The van der Waals surface area contributed by atoms with Gasteiger partial charge in [0.2, 0.25) is 0 Å². The maximum atomic E-state index is 9.15. The molecule has 3 nitrogen and oxygen atoms in total. The molecule has 0 saturated carbocycles. The van der Waals surface area contributed by atoms with Gasteiger partial charge in [0.15, 0.2) is 0 Å². The van der Waals surface area contributed by atoms with Crippen molar-refractivity contribution in [3.05, 3.63) is 28.2 Å². The van der Waals surface area contributed by atoms with Gasteiger partial charge in [0, 0.05) is 41.3 Å². The maximum absolute atomic E-state index is 9.15. The van der Waals surface area contributed by atoms with Crippen molar-refractivity contribution in [3.8, 4) is 0 Å². The van der Waals surface area contributed by atoms with Gasteiger partial charge >= 0.3 is 0 Å². The van der Waals surface area contributed by atoms with Gasteiger partial charge in [-0.1, -0.05) is 0 Å². The molecular weight excluding hydrogens is 128 g/mol. The minimum absolute atomic E-state index is 0.432. The van der Waals surface area contributed by atoms with Crippen molar-refractivity contribution in [1.82, 2.24) is 9.80 Å². The van der Waals surface area contributed by atoms with E-state index in [9.17, 15) is 0 Å². The lowest BCUT2D eigenvalue weighted by molar-refractivity contribution is 0.125. The van der Waals surface area contributed by atoms with E-state index in [0.29, 0.717) is 13.1 Å². The summed E-state index contributed by atoms with van der Waals surface area (Å²) in [4.78, 5) is 2.85. The summed E-state index contributed by atoms with van der Waals surface area (Å²) in [6.45, 7) is 0.864. The zero-order chi connectivity index (χ0) is 8.15. The quantitative estimate of drug-likeness (QED) is 0.604. The molecule has 58 valence electrons. The van der Waals surface area contributed by atoms with Gasteiger partial charge < -0.3 is 5.11 Å². The van der Waals surface area contributed by atoms with Crippen LogP contribution in [0.15, 0.2) is 0 Å². The molecule has 0 bridgehead atoms. The van der Waals surface area contributed by atoms with E-state index < -0.39 is 6.10 Å². The summed E-state index contributed by atoms with van der Waals surface area (Å²) in [7, 11) is 14.0. The molecule has 0 aliphatic heterocycles. The van der Waals surface area contributed by atoms with Crippen molar-refractivity contribution in [2.45, 2.75) is 6.10 Å². The normalized spacial score (nSPS) is 12.0. The highest BCUT2D eigenvalue weighted by molar-refractivity contribution is 4.67. The molecular formula is C7H14N2O. The highest BCUT2D eigenvalue weighted by atomic mass is 16.3. The first-order valence-electron chi connectivity index (χ1n) is 2.97. The molecule has 0 unspecified atom stereocenters. The average molecular weight is 142 g/mol. The fourth-order valence-corrected chi connectivity index (χ4v) is 0.654. The molecule has 0 aromatic heterocycles. The summed E-state index contributed by atoms with van der Waals surface area (Å²) in [6, 6.07) is 0. The molecule has 0 aromatic rings. The zero-order valence-electron chi connectivity index (χ0n) is 6.16. The Bertz CT molecular complexity index is 73.7. The molecule has 0 atom stereocenters. The summed E-state index contributed by atoms with van der Waals surface area (Å²) in [5.74, 6) is 0. The van der Waals surface area contributed by atoms with E-state index >= 15 is 0 Å². The van der Waals surface area contributed by atoms with Gasteiger partial charge in [-0.15, -0.1) is 0 Å². The van der Waals surface area contributed by atoms with Crippen molar-refractivity contribution in [3.63, 3.8) is 0 Å². The Labute approximate surface area is 63.2 Å². The summed E-state index contributed by atoms with van der Waals surface area (Å²) < 4.78 is 0. The Kier molecular flexibility index (Phi) is 4.60. The van der Waals surface area contributed by atoms with Crippen LogP contribution in [0.4, 0.5) is 0 Å². The molecule has 0 saturated heterocycles. The number of rotatable bonds is 4. The molecule has 0 rings (SSSR count). The average Bonchev–Trinajstić information content (AvgIpc) is 1.58. The minimum atomic E-state index is -0.481. The van der Waals surface area contributed by atoms with Crippen LogP contribution >= 0.6 is 0 Å². The second-order valence-corrected chi connectivity index (χ2v) is 2.36. The molecule has 0 heterocycles. The molecule has 0 aliphatic rings. The number of nitrogens with zero attached hydrogens (tertiary/aromatic N) is 2. The van der Waals surface area contributed by atoms with Crippen LogP contribution < -0.4 is 0 Å². The third-order valence-corrected chi connectivity index (χ3v) is 0.938. The topological polar surface area (TPSA) is 26.7 Å². The zero-order valence-corrected chi connectivity index (χ0v) is 6.16. The number of aliphatic hydroxyl groups is 1. The van der Waals surface area contributed by atoms with Gasteiger partial charge in [-0.3, -0.25) is 9.80 Å². The molecule has 1 N–H and O–H groups in total. The van der Waals surface area contributed by atoms with E-state index in [4.69, 9.17) is 5.11 Å². The summed E-state index contributed by atoms with van der Waals surface area (Å²) >= 11 is 0. The van der Waals surface area contributed by atoms with Crippen molar-refractivity contribution >= 4 is 0 Å². The van der Waals surface area contributed by atoms with Crippen LogP contribution in [-0.4, -0.2) is 34.1 Å². The van der Waals surface area contributed by atoms with Gasteiger partial charge in [-0.25, -0.2) is 0 Å². The predicted molar refractivity (Wildman–Crippen MR) is 40.8 cm³/mol. The first-order chi connectivity index (χ1) is 4.52. The lowest BCUT2D eigenvalue weighted by Gasteiger charge is -2.18. The molecule has 3 heteroatoms. The van der Waals surface area contributed by atoms with Crippen LogP contribution in [0, 0.1) is 28.2 Å². The third-order valence-electron chi connectivity index (χ3n) is 0.938. The molecule has 0 amide bonds. The fourth-order valence-electron chi connectivity index (χ4n) is 0.654. The van der Waals surface area contributed by atoms with Gasteiger partial charge in [-0.05, 0) is 0 Å². The van der Waals surface area contributed by atoms with Crippen molar-refractivity contribution in [2.24, 2.45) is 0 Å². The molecule has 0 aromatic carbocycles. The first-order valence-corrected chi connectivity index (χ1v) is 2.97. The summed E-state index contributed by atoms with van der Waals surface area (Å²) in [5.41, 5.74) is 0. The largest absolute Gasteiger partial charge is 0.390 e. The standard InChI is InChI=1S/C7H14N2O/c1-8(2)5-7(10)6-9(3)4/h7,10H,1-6H2. The van der Waals surface area contributed by atoms with Crippen molar-refractivity contribution in [2.75, 3.05) is 13.1 Å². The summed E-state index contributed by atoms with van der Waals surface area (Å²) in [6.07, 6.45) is -0.481. The Morgan fingerprint density at radius 2 is 1.30 bits per heavy atom. The van der Waals surface area contributed by atoms with Gasteiger partial charge in [0.05, 0.1) is 6.10 Å². The highest BCUT2D eigenvalue weighted by Crippen LogP contribution is 1.91. The lowest BCUT2D eigenvalue weighted by atomic mass is 10.3. The van der Waals surface area contributed by atoms with E-state index in [1.54, 1.807) is 0 Å². The SMILES string of the molecule is [CH2]N([CH2])CC(O)CN([CH2])[CH2]. The van der Waals surface area contributed by atoms with E-state index in [-0.39, 0.29) is 0 Å². The van der Waals surface area contributed by atoms with E-state index in [1.807, 2.05) is 0 Å². The number of hydrogen-bond acceptors (Lipinski definition) is 3. The predicted octanol–water partition coefficient (Wildman–Crippen LogP) is 0.118. The van der Waals surface area contributed by atoms with Crippen LogP contribution in [0.5, 0.6) is 0 Å². The van der Waals surface area contributed by atoms with E-state index in [1.165, 1.54) is 9.80 Å². The maximum Gasteiger partial charge on any atom is 0.0793 e. The molecule has 4 radical (unpaired) electrons. The first kappa shape index (κ1) is 9.88. The van der Waals surface area contributed by atoms with Crippen LogP contribution in [0.2, 0.25) is 0 Å². The smallest absolute Gasteiger partial charge is 0.0793 e.